The summed E-state index contributed by atoms with van der Waals surface area (Å²) in [6.07, 6.45) is 1.87. The number of anilines is 1. The molecule has 0 radical (unpaired) electrons. The van der Waals surface area contributed by atoms with Crippen LogP contribution < -0.4 is 5.73 Å². The lowest BCUT2D eigenvalue weighted by Crippen LogP contribution is -1.93. The molecule has 27 heavy (non-hydrogen) atoms. The first-order valence-corrected chi connectivity index (χ1v) is 11.9. The second-order valence-electron chi connectivity index (χ2n) is 5.54. The van der Waals surface area contributed by atoms with E-state index in [0.29, 0.717) is 5.82 Å². The molecule has 0 saturated heterocycles. The monoisotopic (exact) mass is 542 g/mol. The van der Waals surface area contributed by atoms with Crippen LogP contribution in [0, 0.1) is 3.01 Å². The van der Waals surface area contributed by atoms with Gasteiger partial charge in [0, 0.05) is 27.9 Å². The summed E-state index contributed by atoms with van der Waals surface area (Å²) < 4.78 is 1.00. The van der Waals surface area contributed by atoms with Crippen LogP contribution in [-0.4, -0.2) is 15.0 Å². The summed E-state index contributed by atoms with van der Waals surface area (Å²) in [5.74, 6) is 1.25. The maximum atomic E-state index is 6.00. The van der Waals surface area contributed by atoms with Gasteiger partial charge >= 0.3 is 0 Å². The highest BCUT2D eigenvalue weighted by molar-refractivity contribution is 14.1. The molecule has 0 amide bonds. The first-order chi connectivity index (χ1) is 13.1. The minimum absolute atomic E-state index is 0.513. The molecule has 2 N–H and O–H groups in total. The number of nitrogens with zero attached hydrogens (tertiary/aromatic N) is 3. The van der Waals surface area contributed by atoms with Crippen molar-refractivity contribution in [2.45, 2.75) is 10.8 Å². The Morgan fingerprint density at radius 3 is 2.67 bits per heavy atom. The number of nitrogens with two attached hydrogens (primary N) is 1. The molecule has 4 nitrogen and oxygen atoms in total. The van der Waals surface area contributed by atoms with E-state index in [2.05, 4.69) is 44.0 Å². The number of pyridine rings is 1. The van der Waals surface area contributed by atoms with Crippen LogP contribution in [0.25, 0.3) is 21.0 Å². The predicted octanol–water partition coefficient (Wildman–Crippen LogP) is 6.46. The maximum Gasteiger partial charge on any atom is 0.154 e. The molecule has 1 aromatic carbocycles. The van der Waals surface area contributed by atoms with Gasteiger partial charge in [0.2, 0.25) is 0 Å². The fourth-order valence-electron chi connectivity index (χ4n) is 2.37. The van der Waals surface area contributed by atoms with Crippen LogP contribution in [0.15, 0.2) is 53.0 Å². The predicted molar refractivity (Wildman–Crippen MR) is 125 cm³/mol. The number of nitrogen functional groups attached to an aromatic ring is 1. The quantitative estimate of drug-likeness (QED) is 0.232. The van der Waals surface area contributed by atoms with Crippen molar-refractivity contribution in [3.63, 3.8) is 0 Å². The lowest BCUT2D eigenvalue weighted by Gasteiger charge is -2.04. The van der Waals surface area contributed by atoms with Crippen molar-refractivity contribution < 1.29 is 0 Å². The lowest BCUT2D eigenvalue weighted by atomic mass is 10.2. The van der Waals surface area contributed by atoms with Gasteiger partial charge in [-0.1, -0.05) is 35.5 Å². The second-order valence-corrected chi connectivity index (χ2v) is 10.6. The summed E-state index contributed by atoms with van der Waals surface area (Å²) in [5, 5.41) is 4.68. The van der Waals surface area contributed by atoms with Crippen molar-refractivity contribution in [1.82, 2.24) is 15.0 Å². The van der Waals surface area contributed by atoms with Crippen LogP contribution in [0.5, 0.6) is 0 Å². The zero-order valence-electron chi connectivity index (χ0n) is 13.7. The average molecular weight is 543 g/mol. The number of hydrogen-bond donors (Lipinski definition) is 1. The molecule has 0 fully saturated rings. The molecule has 0 atom stereocenters. The molecular formula is C18H12ClIN4S3. The number of halogens is 2. The Morgan fingerprint density at radius 2 is 1.93 bits per heavy atom. The van der Waals surface area contributed by atoms with Crippen LogP contribution in [0.4, 0.5) is 5.82 Å². The summed E-state index contributed by atoms with van der Waals surface area (Å²) in [7, 11) is 0. The molecule has 9 heteroatoms. The second kappa shape index (κ2) is 8.44. The van der Waals surface area contributed by atoms with E-state index in [0.717, 1.165) is 45.5 Å². The molecule has 4 rings (SSSR count). The Bertz CT molecular complexity index is 1080. The highest BCUT2D eigenvalue weighted by atomic mass is 127. The Kier molecular flexibility index (Phi) is 5.98. The van der Waals surface area contributed by atoms with Crippen LogP contribution in [0.2, 0.25) is 5.02 Å². The molecule has 3 heterocycles. The number of benzene rings is 1. The highest BCUT2D eigenvalue weighted by Gasteiger charge is 2.09. The Labute approximate surface area is 187 Å². The molecule has 0 aliphatic heterocycles. The lowest BCUT2D eigenvalue weighted by molar-refractivity contribution is 1.14. The highest BCUT2D eigenvalue weighted by Crippen LogP contribution is 2.32. The number of rotatable bonds is 5. The zero-order valence-corrected chi connectivity index (χ0v) is 19.1. The molecule has 0 bridgehead atoms. The van der Waals surface area contributed by atoms with Crippen molar-refractivity contribution in [3.8, 4) is 21.0 Å². The van der Waals surface area contributed by atoms with Gasteiger partial charge in [-0.3, -0.25) is 0 Å². The van der Waals surface area contributed by atoms with Gasteiger partial charge < -0.3 is 5.73 Å². The third-order valence-corrected chi connectivity index (χ3v) is 7.51. The topological polar surface area (TPSA) is 64.7 Å². The van der Waals surface area contributed by atoms with E-state index in [-0.39, 0.29) is 0 Å². The van der Waals surface area contributed by atoms with Crippen molar-refractivity contribution in [2.24, 2.45) is 0 Å². The van der Waals surface area contributed by atoms with Gasteiger partial charge in [0.1, 0.15) is 10.8 Å². The van der Waals surface area contributed by atoms with Gasteiger partial charge in [0.15, 0.2) is 3.01 Å². The Hall–Kier alpha value is -1.20. The van der Waals surface area contributed by atoms with Crippen molar-refractivity contribution >= 4 is 74.4 Å². The molecule has 0 aliphatic rings. The molecule has 4 aromatic rings. The van der Waals surface area contributed by atoms with Crippen molar-refractivity contribution in [2.75, 3.05) is 5.73 Å². The molecule has 136 valence electrons. The number of thioether (sulfide) groups is 1. The minimum Gasteiger partial charge on any atom is -0.384 e. The third kappa shape index (κ3) is 4.80. The summed E-state index contributed by atoms with van der Waals surface area (Å²) in [4.78, 5) is 14.6. The van der Waals surface area contributed by atoms with Gasteiger partial charge in [-0.2, -0.15) is 0 Å². The smallest absolute Gasteiger partial charge is 0.154 e. The standard InChI is InChI=1S/C18H12ClIN4S3/c19-12-3-1-10(2-4-12)17-23-13(9-26-17)8-25-16-6-11(5-15(21)24-16)14-7-22-18(20)27-14/h1-7,9H,8H2,(H2,21,24). The summed E-state index contributed by atoms with van der Waals surface area (Å²) in [5.41, 5.74) is 9.14. The van der Waals surface area contributed by atoms with Gasteiger partial charge in [-0.25, -0.2) is 15.0 Å². The number of aromatic nitrogens is 3. The zero-order chi connectivity index (χ0) is 18.8. The molecule has 0 unspecified atom stereocenters. The van der Waals surface area contributed by atoms with Crippen LogP contribution in [0.3, 0.4) is 0 Å². The van der Waals surface area contributed by atoms with E-state index in [1.54, 1.807) is 34.4 Å². The molecule has 3 aromatic heterocycles. The van der Waals surface area contributed by atoms with E-state index in [1.165, 1.54) is 0 Å². The SMILES string of the molecule is Nc1cc(-c2cnc(I)s2)cc(SCc2csc(-c3ccc(Cl)cc3)n2)n1. The van der Waals surface area contributed by atoms with E-state index < -0.39 is 0 Å². The van der Waals surface area contributed by atoms with E-state index >= 15 is 0 Å². The van der Waals surface area contributed by atoms with Gasteiger partial charge in [0.05, 0.1) is 15.6 Å². The Morgan fingerprint density at radius 1 is 1.11 bits per heavy atom. The molecule has 0 spiro atoms. The van der Waals surface area contributed by atoms with Crippen LogP contribution in [0.1, 0.15) is 5.69 Å². The minimum atomic E-state index is 0.513. The molecule has 0 saturated carbocycles. The molecule has 0 aliphatic carbocycles. The van der Waals surface area contributed by atoms with Crippen molar-refractivity contribution in [3.05, 3.63) is 61.7 Å². The summed E-state index contributed by atoms with van der Waals surface area (Å²) in [6, 6.07) is 11.7. The maximum absolute atomic E-state index is 6.00. The first kappa shape index (κ1) is 19.1. The third-order valence-electron chi connectivity index (χ3n) is 3.59. The van der Waals surface area contributed by atoms with Gasteiger partial charge in [0.25, 0.3) is 0 Å². The average Bonchev–Trinajstić information content (AvgIpc) is 3.29. The number of hydrogen-bond acceptors (Lipinski definition) is 7. The fraction of sp³-hybridized carbons (Fsp3) is 0.0556. The van der Waals surface area contributed by atoms with Gasteiger partial charge in [-0.05, 0) is 52.4 Å². The van der Waals surface area contributed by atoms with E-state index in [1.807, 2.05) is 36.5 Å². The molecular weight excluding hydrogens is 531 g/mol. The van der Waals surface area contributed by atoms with Gasteiger partial charge in [-0.15, -0.1) is 22.7 Å². The fourth-order valence-corrected chi connectivity index (χ4v) is 5.73. The normalized spacial score (nSPS) is 11.0. The van der Waals surface area contributed by atoms with Crippen LogP contribution in [-0.2, 0) is 5.75 Å². The van der Waals surface area contributed by atoms with E-state index in [4.69, 9.17) is 22.3 Å². The Balaban J connectivity index is 1.49. The first-order valence-electron chi connectivity index (χ1n) is 7.79. The summed E-state index contributed by atoms with van der Waals surface area (Å²) in [6.45, 7) is 0. The number of thiazole rings is 2. The van der Waals surface area contributed by atoms with Crippen molar-refractivity contribution in [1.29, 1.82) is 0 Å². The summed E-state index contributed by atoms with van der Waals surface area (Å²) >= 11 is 13.1. The largest absolute Gasteiger partial charge is 0.384 e. The van der Waals surface area contributed by atoms with Crippen LogP contribution >= 0.6 is 68.6 Å². The van der Waals surface area contributed by atoms with E-state index in [9.17, 15) is 0 Å².